The molecule has 2 aromatic heterocycles. The molecular weight excluding hydrogens is 491 g/mol. The number of carbonyl (C=O) groups excluding carboxylic acids is 1. The van der Waals surface area contributed by atoms with E-state index < -0.39 is 0 Å². The summed E-state index contributed by atoms with van der Waals surface area (Å²) in [5.41, 5.74) is 5.81. The Balaban J connectivity index is 1.31. The molecule has 7 heteroatoms. The molecule has 0 atom stereocenters. The molecule has 6 rings (SSSR count). The van der Waals surface area contributed by atoms with Gasteiger partial charge in [0.25, 0.3) is 0 Å². The number of nitrogens with zero attached hydrogens (tertiary/aromatic N) is 4. The van der Waals surface area contributed by atoms with Gasteiger partial charge in [-0.15, -0.1) is 0 Å². The van der Waals surface area contributed by atoms with E-state index in [0.717, 1.165) is 78.5 Å². The zero-order valence-electron chi connectivity index (χ0n) is 22.5. The number of hydrogen-bond acceptors (Lipinski definition) is 4. The zero-order chi connectivity index (χ0) is 26.8. The van der Waals surface area contributed by atoms with Crippen molar-refractivity contribution in [1.29, 1.82) is 0 Å². The molecule has 0 unspecified atom stereocenters. The Morgan fingerprint density at radius 3 is 2.44 bits per heavy atom. The Labute approximate surface area is 229 Å². The molecular formula is C32H35FN4O2. The average Bonchev–Trinajstić information content (AvgIpc) is 3.63. The summed E-state index contributed by atoms with van der Waals surface area (Å²) in [4.78, 5) is 22.4. The number of hydrogen-bond donors (Lipinski definition) is 0. The first kappa shape index (κ1) is 25.6. The van der Waals surface area contributed by atoms with Gasteiger partial charge in [0.15, 0.2) is 0 Å². The van der Waals surface area contributed by atoms with Crippen molar-refractivity contribution in [3.05, 3.63) is 78.4 Å². The van der Waals surface area contributed by atoms with Gasteiger partial charge in [0, 0.05) is 50.4 Å². The molecule has 1 saturated heterocycles. The first-order chi connectivity index (χ1) is 19.1. The SMILES string of the molecule is CCOc1cccc(-c2ccc3nc(-c4ccc(F)cc4)c(CN4CCN(C(=O)C5CCCC5)CC4)n3c2)c1. The highest BCUT2D eigenvalue weighted by Crippen LogP contribution is 2.31. The maximum Gasteiger partial charge on any atom is 0.225 e. The maximum absolute atomic E-state index is 13.7. The lowest BCUT2D eigenvalue weighted by Crippen LogP contribution is -2.49. The fourth-order valence-corrected chi connectivity index (χ4v) is 5.96. The topological polar surface area (TPSA) is 50.1 Å². The molecule has 0 N–H and O–H groups in total. The fourth-order valence-electron chi connectivity index (χ4n) is 5.96. The van der Waals surface area contributed by atoms with Gasteiger partial charge in [-0.2, -0.15) is 0 Å². The van der Waals surface area contributed by atoms with Crippen LogP contribution >= 0.6 is 0 Å². The molecule has 2 aliphatic rings. The Morgan fingerprint density at radius 1 is 0.949 bits per heavy atom. The second-order valence-electron chi connectivity index (χ2n) is 10.6. The van der Waals surface area contributed by atoms with Crippen molar-refractivity contribution in [2.75, 3.05) is 32.8 Å². The quantitative estimate of drug-likeness (QED) is 0.295. The Bertz CT molecular complexity index is 1450. The molecule has 4 aromatic rings. The smallest absolute Gasteiger partial charge is 0.225 e. The van der Waals surface area contributed by atoms with Gasteiger partial charge >= 0.3 is 0 Å². The number of rotatable bonds is 7. The van der Waals surface area contributed by atoms with Crippen LogP contribution in [-0.2, 0) is 11.3 Å². The van der Waals surface area contributed by atoms with E-state index in [2.05, 4.69) is 38.6 Å². The van der Waals surface area contributed by atoms with E-state index in [-0.39, 0.29) is 11.7 Å². The summed E-state index contributed by atoms with van der Waals surface area (Å²) in [6.07, 6.45) is 6.56. The summed E-state index contributed by atoms with van der Waals surface area (Å²) in [5, 5.41) is 0. The van der Waals surface area contributed by atoms with Gasteiger partial charge in [0.05, 0.1) is 18.0 Å². The van der Waals surface area contributed by atoms with Gasteiger partial charge < -0.3 is 14.0 Å². The number of halogens is 1. The van der Waals surface area contributed by atoms with Crippen LogP contribution in [-0.4, -0.2) is 57.9 Å². The minimum absolute atomic E-state index is 0.222. The molecule has 3 heterocycles. The van der Waals surface area contributed by atoms with E-state index in [1.165, 1.54) is 25.0 Å². The van der Waals surface area contributed by atoms with Crippen LogP contribution in [0.15, 0.2) is 66.9 Å². The highest BCUT2D eigenvalue weighted by Gasteiger charge is 2.30. The zero-order valence-corrected chi connectivity index (χ0v) is 22.5. The Morgan fingerprint density at radius 2 is 1.69 bits per heavy atom. The monoisotopic (exact) mass is 526 g/mol. The molecule has 1 aliphatic heterocycles. The van der Waals surface area contributed by atoms with Crippen LogP contribution in [0.25, 0.3) is 28.0 Å². The summed E-state index contributed by atoms with van der Waals surface area (Å²) < 4.78 is 21.6. The molecule has 6 nitrogen and oxygen atoms in total. The molecule has 202 valence electrons. The van der Waals surface area contributed by atoms with Crippen molar-refractivity contribution in [2.45, 2.75) is 39.2 Å². The Hall–Kier alpha value is -3.71. The molecule has 0 bridgehead atoms. The molecule has 1 amide bonds. The maximum atomic E-state index is 13.7. The van der Waals surface area contributed by atoms with Gasteiger partial charge in [-0.25, -0.2) is 9.37 Å². The molecule has 0 radical (unpaired) electrons. The molecule has 0 spiro atoms. The number of carbonyl (C=O) groups is 1. The number of fused-ring (bicyclic) bond motifs is 1. The third-order valence-electron chi connectivity index (χ3n) is 8.08. The summed E-state index contributed by atoms with van der Waals surface area (Å²) >= 11 is 0. The third kappa shape index (κ3) is 5.41. The second-order valence-corrected chi connectivity index (χ2v) is 10.6. The lowest BCUT2D eigenvalue weighted by molar-refractivity contribution is -0.137. The molecule has 1 saturated carbocycles. The molecule has 2 fully saturated rings. The second kappa shape index (κ2) is 11.2. The van der Waals surface area contributed by atoms with Crippen molar-refractivity contribution in [3.63, 3.8) is 0 Å². The summed E-state index contributed by atoms with van der Waals surface area (Å²) in [7, 11) is 0. The van der Waals surface area contributed by atoms with Crippen LogP contribution in [0.3, 0.4) is 0 Å². The van der Waals surface area contributed by atoms with E-state index in [1.54, 1.807) is 12.1 Å². The van der Waals surface area contributed by atoms with Gasteiger partial charge in [0.1, 0.15) is 17.2 Å². The van der Waals surface area contributed by atoms with Crippen molar-refractivity contribution in [1.82, 2.24) is 19.2 Å². The number of amides is 1. The lowest BCUT2D eigenvalue weighted by atomic mass is 10.1. The predicted octanol–water partition coefficient (Wildman–Crippen LogP) is 6.04. The van der Waals surface area contributed by atoms with Crippen molar-refractivity contribution >= 4 is 11.6 Å². The molecule has 2 aromatic carbocycles. The van der Waals surface area contributed by atoms with Crippen molar-refractivity contribution in [3.8, 4) is 28.1 Å². The summed E-state index contributed by atoms with van der Waals surface area (Å²) in [5.74, 6) is 1.15. The number of ether oxygens (including phenoxy) is 1. The van der Waals surface area contributed by atoms with Crippen LogP contribution in [0.5, 0.6) is 5.75 Å². The first-order valence-corrected chi connectivity index (χ1v) is 14.1. The van der Waals surface area contributed by atoms with Crippen molar-refractivity contribution in [2.24, 2.45) is 5.92 Å². The fraction of sp³-hybridized carbons (Fsp3) is 0.375. The van der Waals surface area contributed by atoms with E-state index >= 15 is 0 Å². The summed E-state index contributed by atoms with van der Waals surface area (Å²) in [6.45, 7) is 6.46. The van der Waals surface area contributed by atoms with E-state index in [1.807, 2.05) is 25.1 Å². The number of benzene rings is 2. The standard InChI is InChI=1S/C32H35FN4O2/c1-2-39-28-9-5-8-25(20-28)26-12-15-30-34-31(23-10-13-27(33)14-11-23)29(37(30)21-26)22-35-16-18-36(19-17-35)32(38)24-6-3-4-7-24/h5,8-15,20-21,24H,2-4,6-7,16-19,22H2,1H3. The van der Waals surface area contributed by atoms with Gasteiger partial charge in [-0.3, -0.25) is 9.69 Å². The normalized spacial score (nSPS) is 16.7. The van der Waals surface area contributed by atoms with Crippen LogP contribution < -0.4 is 4.74 Å². The largest absolute Gasteiger partial charge is 0.494 e. The highest BCUT2D eigenvalue weighted by molar-refractivity contribution is 5.79. The highest BCUT2D eigenvalue weighted by atomic mass is 19.1. The summed E-state index contributed by atoms with van der Waals surface area (Å²) in [6, 6.07) is 18.8. The average molecular weight is 527 g/mol. The minimum atomic E-state index is -0.261. The van der Waals surface area contributed by atoms with Gasteiger partial charge in [-0.1, -0.05) is 25.0 Å². The third-order valence-corrected chi connectivity index (χ3v) is 8.08. The minimum Gasteiger partial charge on any atom is -0.494 e. The van der Waals surface area contributed by atoms with Crippen LogP contribution in [0, 0.1) is 11.7 Å². The number of pyridine rings is 1. The van der Waals surface area contributed by atoms with E-state index in [0.29, 0.717) is 19.1 Å². The van der Waals surface area contributed by atoms with Crippen LogP contribution in [0.2, 0.25) is 0 Å². The first-order valence-electron chi connectivity index (χ1n) is 14.1. The molecule has 1 aliphatic carbocycles. The number of aromatic nitrogens is 2. The van der Waals surface area contributed by atoms with Crippen molar-refractivity contribution < 1.29 is 13.9 Å². The number of piperazine rings is 1. The molecule has 39 heavy (non-hydrogen) atoms. The van der Waals surface area contributed by atoms with E-state index in [9.17, 15) is 9.18 Å². The lowest BCUT2D eigenvalue weighted by Gasteiger charge is -2.36. The number of imidazole rings is 1. The van der Waals surface area contributed by atoms with Crippen LogP contribution in [0.4, 0.5) is 4.39 Å². The van der Waals surface area contributed by atoms with Gasteiger partial charge in [-0.05, 0) is 79.4 Å². The Kier molecular flexibility index (Phi) is 7.33. The van der Waals surface area contributed by atoms with Crippen LogP contribution in [0.1, 0.15) is 38.3 Å². The van der Waals surface area contributed by atoms with E-state index in [4.69, 9.17) is 9.72 Å². The predicted molar refractivity (Wildman–Crippen MR) is 151 cm³/mol. The van der Waals surface area contributed by atoms with Gasteiger partial charge in [0.2, 0.25) is 5.91 Å².